The van der Waals surface area contributed by atoms with Crippen LogP contribution in [-0.2, 0) is 19.5 Å². The summed E-state index contributed by atoms with van der Waals surface area (Å²) in [6.45, 7) is 2.79. The molecule has 0 spiro atoms. The molecule has 0 unspecified atom stereocenters. The third-order valence-electron chi connectivity index (χ3n) is 2.66. The molecule has 0 fully saturated rings. The zero-order valence-electron chi connectivity index (χ0n) is 10.1. The van der Waals surface area contributed by atoms with Crippen molar-refractivity contribution in [1.82, 2.24) is 4.90 Å². The van der Waals surface area contributed by atoms with Crippen LogP contribution in [0.5, 0.6) is 0 Å². The summed E-state index contributed by atoms with van der Waals surface area (Å²) in [6.07, 6.45) is 1.14. The average molecular weight is 266 g/mol. The lowest BCUT2D eigenvalue weighted by atomic mass is 10.3. The Morgan fingerprint density at radius 2 is 2.00 bits per heavy atom. The molecule has 2 heterocycles. The molecule has 2 aromatic rings. The van der Waals surface area contributed by atoms with E-state index in [1.54, 1.807) is 0 Å². The molecule has 0 saturated carbocycles. The van der Waals surface area contributed by atoms with Gasteiger partial charge in [-0.05, 0) is 37.0 Å². The molecule has 17 heavy (non-hydrogen) atoms. The van der Waals surface area contributed by atoms with Crippen LogP contribution in [0.1, 0.15) is 14.6 Å². The predicted molar refractivity (Wildman–Crippen MR) is 76.6 cm³/mol. The van der Waals surface area contributed by atoms with Gasteiger partial charge in [0.2, 0.25) is 0 Å². The zero-order chi connectivity index (χ0) is 12.1. The minimum atomic E-state index is 0.656. The van der Waals surface area contributed by atoms with Gasteiger partial charge in [-0.2, -0.15) is 0 Å². The first-order chi connectivity index (χ1) is 8.28. The summed E-state index contributed by atoms with van der Waals surface area (Å²) in [4.78, 5) is 6.50. The summed E-state index contributed by atoms with van der Waals surface area (Å²) in [5.74, 6) is 0. The van der Waals surface area contributed by atoms with Crippen LogP contribution < -0.4 is 5.73 Å². The van der Waals surface area contributed by atoms with Crippen molar-refractivity contribution < 1.29 is 0 Å². The Morgan fingerprint density at radius 3 is 2.65 bits per heavy atom. The van der Waals surface area contributed by atoms with Gasteiger partial charge < -0.3 is 10.6 Å². The first kappa shape index (κ1) is 12.8. The SMILES string of the molecule is CN(CCc1cccs1)Cc1ccc(CN)s1. The van der Waals surface area contributed by atoms with Crippen molar-refractivity contribution in [3.8, 4) is 0 Å². The van der Waals surface area contributed by atoms with Crippen molar-refractivity contribution in [1.29, 1.82) is 0 Å². The summed E-state index contributed by atoms with van der Waals surface area (Å²) in [5.41, 5.74) is 5.61. The molecule has 2 N–H and O–H groups in total. The number of nitrogens with zero attached hydrogens (tertiary/aromatic N) is 1. The van der Waals surface area contributed by atoms with Gasteiger partial charge in [-0.1, -0.05) is 6.07 Å². The van der Waals surface area contributed by atoms with Crippen molar-refractivity contribution in [3.05, 3.63) is 44.3 Å². The van der Waals surface area contributed by atoms with Crippen LogP contribution in [0.2, 0.25) is 0 Å². The molecule has 0 atom stereocenters. The molecular formula is C13H18N2S2. The highest BCUT2D eigenvalue weighted by atomic mass is 32.1. The van der Waals surface area contributed by atoms with E-state index < -0.39 is 0 Å². The maximum absolute atomic E-state index is 5.61. The first-order valence-corrected chi connectivity index (χ1v) is 7.46. The Hall–Kier alpha value is -0.680. The molecule has 0 saturated heterocycles. The van der Waals surface area contributed by atoms with Crippen LogP contribution in [0, 0.1) is 0 Å². The van der Waals surface area contributed by atoms with Crippen molar-refractivity contribution in [2.45, 2.75) is 19.5 Å². The lowest BCUT2D eigenvalue weighted by Crippen LogP contribution is -2.19. The summed E-state index contributed by atoms with van der Waals surface area (Å²) in [6, 6.07) is 8.64. The molecular weight excluding hydrogens is 248 g/mol. The molecule has 0 aliphatic carbocycles. The normalized spacial score (nSPS) is 11.2. The average Bonchev–Trinajstić information content (AvgIpc) is 2.97. The second kappa shape index (κ2) is 6.31. The minimum Gasteiger partial charge on any atom is -0.326 e. The van der Waals surface area contributed by atoms with Crippen molar-refractivity contribution in [3.63, 3.8) is 0 Å². The second-order valence-corrected chi connectivity index (χ2v) is 6.42. The van der Waals surface area contributed by atoms with E-state index in [-0.39, 0.29) is 0 Å². The minimum absolute atomic E-state index is 0.656. The lowest BCUT2D eigenvalue weighted by molar-refractivity contribution is 0.335. The molecule has 0 amide bonds. The maximum atomic E-state index is 5.61. The number of hydrogen-bond donors (Lipinski definition) is 1. The molecule has 92 valence electrons. The Balaban J connectivity index is 1.78. The van der Waals surface area contributed by atoms with Gasteiger partial charge in [0.1, 0.15) is 0 Å². The van der Waals surface area contributed by atoms with Crippen LogP contribution in [0.4, 0.5) is 0 Å². The molecule has 0 aromatic carbocycles. The molecule has 4 heteroatoms. The van der Waals surface area contributed by atoms with Gasteiger partial charge >= 0.3 is 0 Å². The van der Waals surface area contributed by atoms with Gasteiger partial charge in [0.05, 0.1) is 0 Å². The third kappa shape index (κ3) is 3.92. The van der Waals surface area contributed by atoms with Gasteiger partial charge in [0, 0.05) is 34.3 Å². The van der Waals surface area contributed by atoms with Gasteiger partial charge in [-0.25, -0.2) is 0 Å². The van der Waals surface area contributed by atoms with E-state index in [9.17, 15) is 0 Å². The predicted octanol–water partition coefficient (Wildman–Crippen LogP) is 2.94. The lowest BCUT2D eigenvalue weighted by Gasteiger charge is -2.14. The first-order valence-electron chi connectivity index (χ1n) is 5.76. The molecule has 0 aliphatic rings. The quantitative estimate of drug-likeness (QED) is 0.871. The maximum Gasteiger partial charge on any atom is 0.0325 e. The molecule has 0 bridgehead atoms. The van der Waals surface area contributed by atoms with Crippen molar-refractivity contribution >= 4 is 22.7 Å². The van der Waals surface area contributed by atoms with Crippen LogP contribution in [0.3, 0.4) is 0 Å². The molecule has 0 aliphatic heterocycles. The fourth-order valence-corrected chi connectivity index (χ4v) is 3.39. The highest BCUT2D eigenvalue weighted by molar-refractivity contribution is 7.12. The van der Waals surface area contributed by atoms with E-state index in [1.807, 2.05) is 22.7 Å². The molecule has 2 nitrogen and oxygen atoms in total. The summed E-state index contributed by atoms with van der Waals surface area (Å²) in [5, 5.41) is 2.14. The number of likely N-dealkylation sites (N-methyl/N-ethyl adjacent to an activating group) is 1. The standard InChI is InChI=1S/C13H18N2S2/c1-15(7-6-11-3-2-8-16-11)10-13-5-4-12(9-14)17-13/h2-5,8H,6-7,9-10,14H2,1H3. The summed E-state index contributed by atoms with van der Waals surface area (Å²) in [7, 11) is 2.18. The van der Waals surface area contributed by atoms with Crippen LogP contribution in [0.15, 0.2) is 29.6 Å². The van der Waals surface area contributed by atoms with Gasteiger partial charge in [0.25, 0.3) is 0 Å². The Labute approximate surface area is 111 Å². The van der Waals surface area contributed by atoms with Crippen LogP contribution >= 0.6 is 22.7 Å². The van der Waals surface area contributed by atoms with Gasteiger partial charge in [0.15, 0.2) is 0 Å². The number of nitrogens with two attached hydrogens (primary N) is 1. The van der Waals surface area contributed by atoms with E-state index in [2.05, 4.69) is 41.6 Å². The van der Waals surface area contributed by atoms with Crippen LogP contribution in [0.25, 0.3) is 0 Å². The van der Waals surface area contributed by atoms with Gasteiger partial charge in [-0.3, -0.25) is 0 Å². The molecule has 0 radical (unpaired) electrons. The van der Waals surface area contributed by atoms with E-state index in [0.29, 0.717) is 6.54 Å². The van der Waals surface area contributed by atoms with Crippen LogP contribution in [-0.4, -0.2) is 18.5 Å². The fraction of sp³-hybridized carbons (Fsp3) is 0.385. The smallest absolute Gasteiger partial charge is 0.0325 e. The van der Waals surface area contributed by atoms with Gasteiger partial charge in [-0.15, -0.1) is 22.7 Å². The van der Waals surface area contributed by atoms with E-state index >= 15 is 0 Å². The highest BCUT2D eigenvalue weighted by Crippen LogP contribution is 2.17. The summed E-state index contributed by atoms with van der Waals surface area (Å²) >= 11 is 3.66. The summed E-state index contributed by atoms with van der Waals surface area (Å²) < 4.78 is 0. The largest absolute Gasteiger partial charge is 0.326 e. The Bertz CT molecular complexity index is 434. The topological polar surface area (TPSA) is 29.3 Å². The van der Waals surface area contributed by atoms with Crippen molar-refractivity contribution in [2.75, 3.05) is 13.6 Å². The number of thiophene rings is 2. The Kier molecular flexibility index (Phi) is 4.74. The number of hydrogen-bond acceptors (Lipinski definition) is 4. The fourth-order valence-electron chi connectivity index (χ4n) is 1.72. The monoisotopic (exact) mass is 266 g/mol. The van der Waals surface area contributed by atoms with Crippen molar-refractivity contribution in [2.24, 2.45) is 5.73 Å². The van der Waals surface area contributed by atoms with E-state index in [0.717, 1.165) is 19.5 Å². The zero-order valence-corrected chi connectivity index (χ0v) is 11.7. The van der Waals surface area contributed by atoms with E-state index in [4.69, 9.17) is 5.73 Å². The highest BCUT2D eigenvalue weighted by Gasteiger charge is 2.04. The van der Waals surface area contributed by atoms with E-state index in [1.165, 1.54) is 14.6 Å². The second-order valence-electron chi connectivity index (χ2n) is 4.14. The molecule has 2 rings (SSSR count). The Morgan fingerprint density at radius 1 is 1.18 bits per heavy atom. The molecule has 2 aromatic heterocycles. The third-order valence-corrected chi connectivity index (χ3v) is 4.69. The number of rotatable bonds is 6.